The molecule has 0 saturated carbocycles. The lowest BCUT2D eigenvalue weighted by Gasteiger charge is -2.09. The van der Waals surface area contributed by atoms with Gasteiger partial charge in [0, 0.05) is 19.8 Å². The number of amides is 1. The molecule has 3 aromatic rings. The van der Waals surface area contributed by atoms with Crippen LogP contribution in [0.15, 0.2) is 40.2 Å². The molecule has 2 aromatic heterocycles. The molecule has 2 heterocycles. The van der Waals surface area contributed by atoms with Crippen molar-refractivity contribution >= 4 is 22.8 Å². The van der Waals surface area contributed by atoms with Crippen LogP contribution in [-0.4, -0.2) is 24.6 Å². The van der Waals surface area contributed by atoms with Crippen LogP contribution in [-0.2, 0) is 25.4 Å². The van der Waals surface area contributed by atoms with Gasteiger partial charge in [-0.3, -0.25) is 18.7 Å². The number of hydrogen-bond acceptors (Lipinski definition) is 4. The lowest BCUT2D eigenvalue weighted by molar-refractivity contribution is -0.116. The van der Waals surface area contributed by atoms with Gasteiger partial charge in [-0.25, -0.2) is 9.78 Å². The smallest absolute Gasteiger partial charge is 0.325 e. The second kappa shape index (κ2) is 7.61. The number of benzene rings is 1. The van der Waals surface area contributed by atoms with E-state index < -0.39 is 11.2 Å². The number of rotatable bonds is 4. The number of carbonyl (C=O) groups excluding carboxylic acids is 1. The maximum absolute atomic E-state index is 12.4. The van der Waals surface area contributed by atoms with Gasteiger partial charge in [-0.1, -0.05) is 33.4 Å². The van der Waals surface area contributed by atoms with Gasteiger partial charge in [-0.05, 0) is 23.6 Å². The van der Waals surface area contributed by atoms with Crippen molar-refractivity contribution in [2.75, 3.05) is 5.32 Å². The Morgan fingerprint density at radius 3 is 2.33 bits per heavy atom. The largest absolute Gasteiger partial charge is 0.332 e. The predicted octanol–water partition coefficient (Wildman–Crippen LogP) is 1.83. The first kappa shape index (κ1) is 20.2. The first-order valence-corrected chi connectivity index (χ1v) is 8.30. The molecule has 1 aromatic carbocycles. The zero-order valence-corrected chi connectivity index (χ0v) is 15.2. The molecule has 0 aliphatic heterocycles. The van der Waals surface area contributed by atoms with Crippen LogP contribution in [0.25, 0.3) is 11.2 Å². The summed E-state index contributed by atoms with van der Waals surface area (Å²) in [6.07, 6.45) is 1.40. The molecule has 3 rings (SSSR count). The van der Waals surface area contributed by atoms with Crippen LogP contribution in [0.1, 0.15) is 32.8 Å². The summed E-state index contributed by atoms with van der Waals surface area (Å²) in [6, 6.07) is 7.64. The SMILES string of the molecule is C.CC(C)c1ccc(NC(=O)Cn2cnc3c2c(=O)n(C)c(=O)n3C)cc1. The van der Waals surface area contributed by atoms with Gasteiger partial charge in [-0.2, -0.15) is 0 Å². The fourth-order valence-corrected chi connectivity index (χ4v) is 2.82. The highest BCUT2D eigenvalue weighted by Crippen LogP contribution is 2.17. The number of nitrogens with one attached hydrogen (secondary N) is 1. The van der Waals surface area contributed by atoms with Crippen molar-refractivity contribution in [1.82, 2.24) is 18.7 Å². The van der Waals surface area contributed by atoms with E-state index in [-0.39, 0.29) is 31.0 Å². The van der Waals surface area contributed by atoms with E-state index in [0.717, 1.165) is 4.57 Å². The molecule has 0 saturated heterocycles. The summed E-state index contributed by atoms with van der Waals surface area (Å²) >= 11 is 0. The van der Waals surface area contributed by atoms with Crippen LogP contribution in [0.2, 0.25) is 0 Å². The van der Waals surface area contributed by atoms with E-state index in [9.17, 15) is 14.4 Å². The third-order valence-electron chi connectivity index (χ3n) is 4.39. The lowest BCUT2D eigenvalue weighted by Crippen LogP contribution is -2.37. The molecule has 0 aliphatic rings. The number of aromatic nitrogens is 4. The minimum absolute atomic E-state index is 0. The van der Waals surface area contributed by atoms with E-state index in [0.29, 0.717) is 11.6 Å². The Morgan fingerprint density at radius 2 is 1.74 bits per heavy atom. The Balaban J connectivity index is 0.00000261. The summed E-state index contributed by atoms with van der Waals surface area (Å²) in [5.74, 6) is 0.137. The number of carbonyl (C=O) groups is 1. The molecule has 0 unspecified atom stereocenters. The predicted molar refractivity (Wildman–Crippen MR) is 106 cm³/mol. The van der Waals surface area contributed by atoms with Crippen molar-refractivity contribution in [3.05, 3.63) is 57.0 Å². The van der Waals surface area contributed by atoms with Crippen molar-refractivity contribution in [2.24, 2.45) is 14.1 Å². The van der Waals surface area contributed by atoms with Crippen molar-refractivity contribution in [3.8, 4) is 0 Å². The summed E-state index contributed by atoms with van der Waals surface area (Å²) in [7, 11) is 2.94. The fourth-order valence-electron chi connectivity index (χ4n) is 2.82. The van der Waals surface area contributed by atoms with Crippen molar-refractivity contribution < 1.29 is 4.79 Å². The maximum atomic E-state index is 12.4. The van der Waals surface area contributed by atoms with Gasteiger partial charge in [0.15, 0.2) is 11.2 Å². The van der Waals surface area contributed by atoms with Gasteiger partial charge < -0.3 is 9.88 Å². The van der Waals surface area contributed by atoms with E-state index in [1.807, 2.05) is 24.3 Å². The maximum Gasteiger partial charge on any atom is 0.332 e. The number of fused-ring (bicyclic) bond motifs is 1. The van der Waals surface area contributed by atoms with Gasteiger partial charge >= 0.3 is 5.69 Å². The fraction of sp³-hybridized carbons (Fsp3) is 0.368. The number of aryl methyl sites for hydroxylation is 1. The normalized spacial score (nSPS) is 10.9. The third-order valence-corrected chi connectivity index (χ3v) is 4.39. The van der Waals surface area contributed by atoms with Crippen LogP contribution in [0, 0.1) is 0 Å². The molecular weight excluding hydrogens is 346 g/mol. The standard InChI is InChI=1S/C18H21N5O3.CH4/c1-11(2)12-5-7-13(8-6-12)20-14(24)9-23-10-19-16-15(23)17(25)22(4)18(26)21(16)3;/h5-8,10-11H,9H2,1-4H3,(H,20,24);1H4. The quantitative estimate of drug-likeness (QED) is 0.757. The van der Waals surface area contributed by atoms with Crippen LogP contribution < -0.4 is 16.6 Å². The molecule has 0 fully saturated rings. The molecule has 27 heavy (non-hydrogen) atoms. The van der Waals surface area contributed by atoms with Crippen LogP contribution >= 0.6 is 0 Å². The number of imidazole rings is 1. The zero-order chi connectivity index (χ0) is 19.0. The van der Waals surface area contributed by atoms with E-state index in [1.165, 1.54) is 35.1 Å². The highest BCUT2D eigenvalue weighted by atomic mass is 16.2. The Labute approximate surface area is 157 Å². The highest BCUT2D eigenvalue weighted by Gasteiger charge is 2.16. The zero-order valence-electron chi connectivity index (χ0n) is 15.2. The Morgan fingerprint density at radius 1 is 1.11 bits per heavy atom. The molecule has 0 bridgehead atoms. The molecule has 0 spiro atoms. The second-order valence-electron chi connectivity index (χ2n) is 6.58. The number of hydrogen-bond donors (Lipinski definition) is 1. The minimum Gasteiger partial charge on any atom is -0.325 e. The molecule has 144 valence electrons. The van der Waals surface area contributed by atoms with Crippen molar-refractivity contribution in [3.63, 3.8) is 0 Å². The van der Waals surface area contributed by atoms with Gasteiger partial charge in [-0.15, -0.1) is 0 Å². The Hall–Kier alpha value is -3.16. The Bertz CT molecular complexity index is 1090. The average molecular weight is 371 g/mol. The summed E-state index contributed by atoms with van der Waals surface area (Å²) in [4.78, 5) is 40.8. The first-order chi connectivity index (χ1) is 12.3. The summed E-state index contributed by atoms with van der Waals surface area (Å²) < 4.78 is 3.74. The van der Waals surface area contributed by atoms with E-state index in [4.69, 9.17) is 0 Å². The lowest BCUT2D eigenvalue weighted by atomic mass is 10.0. The van der Waals surface area contributed by atoms with Crippen molar-refractivity contribution in [2.45, 2.75) is 33.7 Å². The van der Waals surface area contributed by atoms with Gasteiger partial charge in [0.25, 0.3) is 5.56 Å². The highest BCUT2D eigenvalue weighted by molar-refractivity contribution is 5.91. The molecular formula is C19H25N5O3. The van der Waals surface area contributed by atoms with Crippen LogP contribution in [0.5, 0.6) is 0 Å². The van der Waals surface area contributed by atoms with E-state index in [2.05, 4.69) is 24.1 Å². The molecule has 0 aliphatic carbocycles. The molecule has 1 amide bonds. The molecule has 0 radical (unpaired) electrons. The average Bonchev–Trinajstić information content (AvgIpc) is 3.02. The number of nitrogens with zero attached hydrogens (tertiary/aromatic N) is 4. The monoisotopic (exact) mass is 371 g/mol. The summed E-state index contributed by atoms with van der Waals surface area (Å²) in [6.45, 7) is 4.13. The first-order valence-electron chi connectivity index (χ1n) is 8.30. The number of anilines is 1. The molecule has 8 heteroatoms. The van der Waals surface area contributed by atoms with Crippen LogP contribution in [0.4, 0.5) is 5.69 Å². The topological polar surface area (TPSA) is 90.9 Å². The van der Waals surface area contributed by atoms with Crippen molar-refractivity contribution in [1.29, 1.82) is 0 Å². The molecule has 8 nitrogen and oxygen atoms in total. The second-order valence-corrected chi connectivity index (χ2v) is 6.58. The van der Waals surface area contributed by atoms with Gasteiger partial charge in [0.05, 0.1) is 6.33 Å². The molecule has 0 atom stereocenters. The summed E-state index contributed by atoms with van der Waals surface area (Å²) in [5.41, 5.74) is 1.42. The van der Waals surface area contributed by atoms with E-state index >= 15 is 0 Å². The third kappa shape index (κ3) is 3.69. The molecule has 1 N–H and O–H groups in total. The summed E-state index contributed by atoms with van der Waals surface area (Å²) in [5, 5.41) is 2.81. The van der Waals surface area contributed by atoms with Gasteiger partial charge in [0.2, 0.25) is 5.91 Å². The van der Waals surface area contributed by atoms with Crippen LogP contribution in [0.3, 0.4) is 0 Å². The van der Waals surface area contributed by atoms with Gasteiger partial charge in [0.1, 0.15) is 6.54 Å². The minimum atomic E-state index is -0.477. The Kier molecular flexibility index (Phi) is 5.68. The van der Waals surface area contributed by atoms with E-state index in [1.54, 1.807) is 0 Å².